The van der Waals surface area contributed by atoms with E-state index in [-0.39, 0.29) is 0 Å². The van der Waals surface area contributed by atoms with Gasteiger partial charge in [0.2, 0.25) is 0 Å². The van der Waals surface area contributed by atoms with Crippen molar-refractivity contribution in [1.82, 2.24) is 0 Å². The molecule has 0 aromatic heterocycles. The van der Waals surface area contributed by atoms with Crippen molar-refractivity contribution in [2.75, 3.05) is 14.2 Å². The van der Waals surface area contributed by atoms with E-state index in [4.69, 9.17) is 9.47 Å². The van der Waals surface area contributed by atoms with Crippen LogP contribution in [0.25, 0.3) is 0 Å². The molecule has 3 nitrogen and oxygen atoms in total. The summed E-state index contributed by atoms with van der Waals surface area (Å²) in [5.41, 5.74) is 0.658. The molecule has 0 heterocycles. The summed E-state index contributed by atoms with van der Waals surface area (Å²) in [5.74, 6) is 0. The van der Waals surface area contributed by atoms with Crippen molar-refractivity contribution in [2.45, 2.75) is 74.9 Å². The van der Waals surface area contributed by atoms with Crippen molar-refractivity contribution >= 4 is 12.4 Å². The van der Waals surface area contributed by atoms with Crippen LogP contribution in [0.2, 0.25) is 0 Å². The Morgan fingerprint density at radius 2 is 1.17 bits per heavy atom. The maximum Gasteiger partial charge on any atom is 0.121 e. The zero-order valence-corrected chi connectivity index (χ0v) is 15.9. The fourth-order valence-electron chi connectivity index (χ4n) is 4.71. The van der Waals surface area contributed by atoms with Crippen molar-refractivity contribution in [1.29, 1.82) is 0 Å². The van der Waals surface area contributed by atoms with E-state index in [0.717, 1.165) is 56.7 Å². The Morgan fingerprint density at radius 3 is 1.54 bits per heavy atom. The lowest BCUT2D eigenvalue weighted by atomic mass is 9.96. The van der Waals surface area contributed by atoms with Crippen LogP contribution in [0.1, 0.15) is 51.4 Å². The highest BCUT2D eigenvalue weighted by Crippen LogP contribution is 2.61. The van der Waals surface area contributed by atoms with E-state index in [2.05, 4.69) is 12.1 Å². The van der Waals surface area contributed by atoms with Gasteiger partial charge in [0.05, 0.1) is 12.2 Å². The van der Waals surface area contributed by atoms with Crippen LogP contribution in [0.5, 0.6) is 0 Å². The van der Waals surface area contributed by atoms with Gasteiger partial charge in [0.15, 0.2) is 0 Å². The first-order valence-electron chi connectivity index (χ1n) is 9.39. The zero-order chi connectivity index (χ0) is 17.0. The molecular weight excluding hydrogens is 319 g/mol. The van der Waals surface area contributed by atoms with Gasteiger partial charge in [0.1, 0.15) is 7.14 Å². The normalized spacial score (nSPS) is 33.8. The molecule has 0 radical (unpaired) electrons. The summed E-state index contributed by atoms with van der Waals surface area (Å²) < 4.78 is 25.5. The fraction of sp³-hybridized carbons (Fsp3) is 0.700. The third-order valence-electron chi connectivity index (χ3n) is 6.20. The van der Waals surface area contributed by atoms with Crippen LogP contribution in [0.4, 0.5) is 0 Å². The molecule has 0 atom stereocenters. The van der Waals surface area contributed by atoms with E-state index in [9.17, 15) is 4.57 Å². The molecule has 3 rings (SSSR count). The minimum Gasteiger partial charge on any atom is -0.381 e. The second-order valence-electron chi connectivity index (χ2n) is 7.38. The number of ether oxygens (including phenoxy) is 2. The number of hydrogen-bond acceptors (Lipinski definition) is 3. The Balaban J connectivity index is 1.84. The Labute approximate surface area is 146 Å². The molecule has 0 amide bonds. The van der Waals surface area contributed by atoms with Gasteiger partial charge in [-0.15, -0.1) is 0 Å². The SMILES string of the molecule is COC1CCC(P(=O)(c2ccccc2)C2CCC(OC)CC2)CC1. The third kappa shape index (κ3) is 3.64. The van der Waals surface area contributed by atoms with Gasteiger partial charge in [-0.05, 0) is 51.4 Å². The largest absolute Gasteiger partial charge is 0.381 e. The summed E-state index contributed by atoms with van der Waals surface area (Å²) in [6, 6.07) is 10.3. The summed E-state index contributed by atoms with van der Waals surface area (Å²) in [6.07, 6.45) is 9.05. The first kappa shape index (κ1) is 18.2. The zero-order valence-electron chi connectivity index (χ0n) is 15.0. The van der Waals surface area contributed by atoms with Gasteiger partial charge in [-0.2, -0.15) is 0 Å². The monoisotopic (exact) mass is 350 g/mol. The molecule has 2 saturated carbocycles. The number of methoxy groups -OCH3 is 2. The van der Waals surface area contributed by atoms with Crippen LogP contribution in [0.15, 0.2) is 30.3 Å². The van der Waals surface area contributed by atoms with Crippen LogP contribution >= 0.6 is 7.14 Å². The molecule has 2 aliphatic rings. The van der Waals surface area contributed by atoms with E-state index in [1.165, 1.54) is 0 Å². The Bertz CT molecular complexity index is 515. The van der Waals surface area contributed by atoms with E-state index in [1.54, 1.807) is 14.2 Å². The smallest absolute Gasteiger partial charge is 0.121 e. The molecule has 0 bridgehead atoms. The molecule has 0 spiro atoms. The van der Waals surface area contributed by atoms with E-state index < -0.39 is 7.14 Å². The van der Waals surface area contributed by atoms with Crippen LogP contribution in [-0.2, 0) is 14.0 Å². The minimum atomic E-state index is -2.41. The highest BCUT2D eigenvalue weighted by Gasteiger charge is 2.44. The fourth-order valence-corrected chi connectivity index (χ4v) is 8.92. The van der Waals surface area contributed by atoms with Crippen LogP contribution in [0.3, 0.4) is 0 Å². The number of hydrogen-bond donors (Lipinski definition) is 0. The molecule has 1 aromatic carbocycles. The summed E-state index contributed by atoms with van der Waals surface area (Å²) in [7, 11) is 1.19. The van der Waals surface area contributed by atoms with E-state index >= 15 is 0 Å². The van der Waals surface area contributed by atoms with Gasteiger partial charge < -0.3 is 14.0 Å². The number of benzene rings is 1. The Kier molecular flexibility index (Phi) is 6.18. The molecule has 134 valence electrons. The quantitative estimate of drug-likeness (QED) is 0.729. The standard InChI is InChI=1S/C20H31O3P/c1-22-16-8-12-19(13-9-16)24(21,18-6-4-3-5-7-18)20-14-10-17(23-2)11-15-20/h3-7,16-17,19-20H,8-15H2,1-2H3. The molecule has 2 aliphatic carbocycles. The molecular formula is C20H31O3P. The van der Waals surface area contributed by atoms with Gasteiger partial charge in [-0.1, -0.05) is 30.3 Å². The molecule has 24 heavy (non-hydrogen) atoms. The molecule has 1 aromatic rings. The predicted molar refractivity (Wildman–Crippen MR) is 99.8 cm³/mol. The second kappa shape index (κ2) is 8.17. The molecule has 4 heteroatoms. The lowest BCUT2D eigenvalue weighted by molar-refractivity contribution is 0.0689. The van der Waals surface area contributed by atoms with Crippen LogP contribution in [0, 0.1) is 0 Å². The molecule has 2 fully saturated rings. The van der Waals surface area contributed by atoms with Gasteiger partial charge in [0, 0.05) is 30.8 Å². The first-order chi connectivity index (χ1) is 11.7. The van der Waals surface area contributed by atoms with Crippen LogP contribution in [-0.4, -0.2) is 37.7 Å². The van der Waals surface area contributed by atoms with Crippen molar-refractivity contribution < 1.29 is 14.0 Å². The first-order valence-corrected chi connectivity index (χ1v) is 11.2. The van der Waals surface area contributed by atoms with Gasteiger partial charge in [-0.25, -0.2) is 0 Å². The van der Waals surface area contributed by atoms with Crippen molar-refractivity contribution in [3.8, 4) is 0 Å². The Morgan fingerprint density at radius 1 is 0.750 bits per heavy atom. The third-order valence-corrected chi connectivity index (χ3v) is 10.5. The second-order valence-corrected chi connectivity index (χ2v) is 10.8. The van der Waals surface area contributed by atoms with Crippen LogP contribution < -0.4 is 5.30 Å². The molecule has 0 aliphatic heterocycles. The van der Waals surface area contributed by atoms with E-state index in [1.807, 2.05) is 18.2 Å². The van der Waals surface area contributed by atoms with Crippen molar-refractivity contribution in [3.05, 3.63) is 30.3 Å². The summed E-state index contributed by atoms with van der Waals surface area (Å²) in [4.78, 5) is 0. The van der Waals surface area contributed by atoms with Crippen molar-refractivity contribution in [2.24, 2.45) is 0 Å². The lowest BCUT2D eigenvalue weighted by Gasteiger charge is -2.40. The highest BCUT2D eigenvalue weighted by atomic mass is 31.2. The minimum absolute atomic E-state index is 0.329. The topological polar surface area (TPSA) is 35.5 Å². The maximum absolute atomic E-state index is 14.4. The molecule has 0 unspecified atom stereocenters. The Hall–Kier alpha value is -0.630. The number of rotatable bonds is 5. The van der Waals surface area contributed by atoms with Gasteiger partial charge in [0.25, 0.3) is 0 Å². The average molecular weight is 350 g/mol. The molecule has 0 saturated heterocycles. The van der Waals surface area contributed by atoms with E-state index in [0.29, 0.717) is 23.5 Å². The summed E-state index contributed by atoms with van der Waals surface area (Å²) in [5, 5.41) is 1.10. The van der Waals surface area contributed by atoms with Gasteiger partial charge >= 0.3 is 0 Å². The molecule has 0 N–H and O–H groups in total. The lowest BCUT2D eigenvalue weighted by Crippen LogP contribution is -2.34. The van der Waals surface area contributed by atoms with Crippen molar-refractivity contribution in [3.63, 3.8) is 0 Å². The summed E-state index contributed by atoms with van der Waals surface area (Å²) >= 11 is 0. The highest BCUT2D eigenvalue weighted by molar-refractivity contribution is 7.73. The maximum atomic E-state index is 14.4. The van der Waals surface area contributed by atoms with Gasteiger partial charge in [-0.3, -0.25) is 0 Å². The average Bonchev–Trinajstić information content (AvgIpc) is 2.68. The summed E-state index contributed by atoms with van der Waals surface area (Å²) in [6.45, 7) is 0. The predicted octanol–water partition coefficient (Wildman–Crippen LogP) is 4.59.